The Bertz CT molecular complexity index is 468. The van der Waals surface area contributed by atoms with Crippen LogP contribution in [0.4, 0.5) is 0 Å². The van der Waals surface area contributed by atoms with Gasteiger partial charge in [-0.1, -0.05) is 25.4 Å². The second kappa shape index (κ2) is 6.04. The van der Waals surface area contributed by atoms with Crippen molar-refractivity contribution in [3.8, 4) is 6.07 Å². The van der Waals surface area contributed by atoms with Gasteiger partial charge in [0, 0.05) is 10.0 Å². The third kappa shape index (κ3) is 3.72. The maximum atomic E-state index is 11.8. The summed E-state index contributed by atoms with van der Waals surface area (Å²) in [4.78, 5) is 11.8. The summed E-state index contributed by atoms with van der Waals surface area (Å²) < 4.78 is 0.733. The summed E-state index contributed by atoms with van der Waals surface area (Å²) in [5, 5.41) is 12.0. The third-order valence-electron chi connectivity index (χ3n) is 2.27. The van der Waals surface area contributed by atoms with Crippen molar-refractivity contribution in [3.05, 3.63) is 33.3 Å². The molecule has 0 aliphatic rings. The number of carbonyl (C=O) groups excluding carboxylic acids is 1. The zero-order valence-corrected chi connectivity index (χ0v) is 11.8. The van der Waals surface area contributed by atoms with E-state index in [1.54, 1.807) is 18.2 Å². The van der Waals surface area contributed by atoms with Crippen LogP contribution in [-0.4, -0.2) is 11.9 Å². The molecule has 0 radical (unpaired) electrons. The zero-order chi connectivity index (χ0) is 13.0. The molecule has 0 bridgehead atoms. The van der Waals surface area contributed by atoms with E-state index in [0.29, 0.717) is 10.6 Å². The van der Waals surface area contributed by atoms with Crippen LogP contribution in [0.25, 0.3) is 0 Å². The summed E-state index contributed by atoms with van der Waals surface area (Å²) >= 11 is 9.15. The van der Waals surface area contributed by atoms with Gasteiger partial charge in [-0.15, -0.1) is 0 Å². The molecule has 0 aromatic heterocycles. The lowest BCUT2D eigenvalue weighted by Gasteiger charge is -2.15. The largest absolute Gasteiger partial charge is 0.336 e. The first-order valence-corrected chi connectivity index (χ1v) is 6.28. The highest BCUT2D eigenvalue weighted by atomic mass is 79.9. The molecule has 0 spiro atoms. The molecule has 0 aliphatic heterocycles. The molecule has 1 atom stereocenters. The van der Waals surface area contributed by atoms with Crippen molar-refractivity contribution in [1.29, 1.82) is 5.26 Å². The minimum atomic E-state index is -0.495. The van der Waals surface area contributed by atoms with Crippen LogP contribution in [0.1, 0.15) is 24.2 Å². The molecular formula is C12H12BrClN2O. The van der Waals surface area contributed by atoms with Crippen LogP contribution in [0, 0.1) is 17.2 Å². The molecule has 90 valence electrons. The molecule has 5 heteroatoms. The van der Waals surface area contributed by atoms with Gasteiger partial charge in [-0.2, -0.15) is 5.26 Å². The fourth-order valence-electron chi connectivity index (χ4n) is 1.21. The Morgan fingerprint density at radius 1 is 1.53 bits per heavy atom. The number of hydrogen-bond acceptors (Lipinski definition) is 2. The molecule has 0 aliphatic carbocycles. The Hall–Kier alpha value is -1.05. The lowest BCUT2D eigenvalue weighted by Crippen LogP contribution is -2.37. The number of nitriles is 1. The van der Waals surface area contributed by atoms with Gasteiger partial charge in [-0.25, -0.2) is 0 Å². The Morgan fingerprint density at radius 3 is 2.65 bits per heavy atom. The molecule has 17 heavy (non-hydrogen) atoms. The highest BCUT2D eigenvalue weighted by Gasteiger charge is 2.16. The van der Waals surface area contributed by atoms with Crippen molar-refractivity contribution in [1.82, 2.24) is 5.32 Å². The SMILES string of the molecule is CC(C)C(C#N)NC(=O)c1ccc(Br)c(Cl)c1. The maximum Gasteiger partial charge on any atom is 0.252 e. The molecule has 3 nitrogen and oxygen atoms in total. The average Bonchev–Trinajstić information content (AvgIpc) is 2.28. The van der Waals surface area contributed by atoms with Crippen LogP contribution in [0.2, 0.25) is 5.02 Å². The second-order valence-corrected chi connectivity index (χ2v) is 5.21. The molecular weight excluding hydrogens is 304 g/mol. The molecule has 1 aromatic rings. The minimum absolute atomic E-state index is 0.0647. The number of nitrogens with zero attached hydrogens (tertiary/aromatic N) is 1. The van der Waals surface area contributed by atoms with Crippen molar-refractivity contribution in [2.45, 2.75) is 19.9 Å². The fraction of sp³-hybridized carbons (Fsp3) is 0.333. The van der Waals surface area contributed by atoms with E-state index >= 15 is 0 Å². The number of carbonyl (C=O) groups is 1. The van der Waals surface area contributed by atoms with Crippen molar-refractivity contribution in [2.75, 3.05) is 0 Å². The molecule has 1 aromatic carbocycles. The van der Waals surface area contributed by atoms with Crippen LogP contribution in [0.15, 0.2) is 22.7 Å². The summed E-state index contributed by atoms with van der Waals surface area (Å²) in [5.41, 5.74) is 0.444. The highest BCUT2D eigenvalue weighted by Crippen LogP contribution is 2.23. The Morgan fingerprint density at radius 2 is 2.18 bits per heavy atom. The van der Waals surface area contributed by atoms with Gasteiger partial charge in [0.1, 0.15) is 6.04 Å². The van der Waals surface area contributed by atoms with E-state index in [1.165, 1.54) is 0 Å². The zero-order valence-electron chi connectivity index (χ0n) is 9.50. The van der Waals surface area contributed by atoms with Crippen molar-refractivity contribution in [3.63, 3.8) is 0 Å². The van der Waals surface area contributed by atoms with Crippen LogP contribution >= 0.6 is 27.5 Å². The Kier molecular flexibility index (Phi) is 4.98. The molecule has 0 heterocycles. The molecule has 0 saturated heterocycles. The molecule has 1 unspecified atom stereocenters. The van der Waals surface area contributed by atoms with E-state index < -0.39 is 6.04 Å². The van der Waals surface area contributed by atoms with Crippen LogP contribution in [0.5, 0.6) is 0 Å². The van der Waals surface area contributed by atoms with E-state index in [0.717, 1.165) is 4.47 Å². The Balaban J connectivity index is 2.83. The van der Waals surface area contributed by atoms with E-state index in [9.17, 15) is 4.79 Å². The Labute approximate surface area is 114 Å². The molecule has 1 N–H and O–H groups in total. The first-order chi connectivity index (χ1) is 7.95. The average molecular weight is 316 g/mol. The predicted molar refractivity (Wildman–Crippen MR) is 70.9 cm³/mol. The summed E-state index contributed by atoms with van der Waals surface area (Å²) in [6, 6.07) is 6.48. The first-order valence-electron chi connectivity index (χ1n) is 5.11. The highest BCUT2D eigenvalue weighted by molar-refractivity contribution is 9.10. The molecule has 0 fully saturated rings. The van der Waals surface area contributed by atoms with E-state index in [4.69, 9.17) is 16.9 Å². The van der Waals surface area contributed by atoms with Gasteiger partial charge in [-0.3, -0.25) is 4.79 Å². The van der Waals surface area contributed by atoms with E-state index in [2.05, 4.69) is 27.3 Å². The van der Waals surface area contributed by atoms with E-state index in [1.807, 2.05) is 13.8 Å². The summed E-state index contributed by atoms with van der Waals surface area (Å²) in [6.07, 6.45) is 0. The van der Waals surface area contributed by atoms with Gasteiger partial charge in [0.05, 0.1) is 11.1 Å². The van der Waals surface area contributed by atoms with Gasteiger partial charge in [0.25, 0.3) is 5.91 Å². The molecule has 1 amide bonds. The van der Waals surface area contributed by atoms with Gasteiger partial charge < -0.3 is 5.32 Å². The lowest BCUT2D eigenvalue weighted by atomic mass is 10.1. The van der Waals surface area contributed by atoms with Gasteiger partial charge >= 0.3 is 0 Å². The van der Waals surface area contributed by atoms with Crippen LogP contribution in [0.3, 0.4) is 0 Å². The fourth-order valence-corrected chi connectivity index (χ4v) is 1.64. The van der Waals surface area contributed by atoms with Gasteiger partial charge in [0.15, 0.2) is 0 Å². The normalized spacial score (nSPS) is 12.0. The smallest absolute Gasteiger partial charge is 0.252 e. The van der Waals surface area contributed by atoms with E-state index in [-0.39, 0.29) is 11.8 Å². The number of hydrogen-bond donors (Lipinski definition) is 1. The second-order valence-electron chi connectivity index (χ2n) is 3.95. The summed E-state index contributed by atoms with van der Waals surface area (Å²) in [7, 11) is 0. The lowest BCUT2D eigenvalue weighted by molar-refractivity contribution is 0.0937. The number of halogens is 2. The first kappa shape index (κ1) is 14.0. The van der Waals surface area contributed by atoms with Crippen molar-refractivity contribution in [2.24, 2.45) is 5.92 Å². The summed E-state index contributed by atoms with van der Waals surface area (Å²) in [5.74, 6) is -0.227. The predicted octanol–water partition coefficient (Wildman–Crippen LogP) is 3.38. The van der Waals surface area contributed by atoms with Crippen molar-refractivity contribution < 1.29 is 4.79 Å². The van der Waals surface area contributed by atoms with Crippen molar-refractivity contribution >= 4 is 33.4 Å². The minimum Gasteiger partial charge on any atom is -0.336 e. The number of benzene rings is 1. The number of rotatable bonds is 3. The third-order valence-corrected chi connectivity index (χ3v) is 3.51. The topological polar surface area (TPSA) is 52.9 Å². The van der Waals surface area contributed by atoms with Gasteiger partial charge in [-0.05, 0) is 40.0 Å². The summed E-state index contributed by atoms with van der Waals surface area (Å²) in [6.45, 7) is 3.76. The monoisotopic (exact) mass is 314 g/mol. The quantitative estimate of drug-likeness (QED) is 0.929. The molecule has 0 saturated carbocycles. The van der Waals surface area contributed by atoms with Gasteiger partial charge in [0.2, 0.25) is 0 Å². The number of amides is 1. The molecule has 1 rings (SSSR count). The van der Waals surface area contributed by atoms with Crippen LogP contribution in [-0.2, 0) is 0 Å². The van der Waals surface area contributed by atoms with Crippen LogP contribution < -0.4 is 5.32 Å². The maximum absolute atomic E-state index is 11.8. The number of nitrogens with one attached hydrogen (secondary N) is 1. The standard InChI is InChI=1S/C12H12BrClN2O/c1-7(2)11(6-15)16-12(17)8-3-4-9(13)10(14)5-8/h3-5,7,11H,1-2H3,(H,16,17).